The van der Waals surface area contributed by atoms with E-state index in [-0.39, 0.29) is 11.4 Å². The summed E-state index contributed by atoms with van der Waals surface area (Å²) in [4.78, 5) is 29.8. The third-order valence-corrected chi connectivity index (χ3v) is 5.88. The van der Waals surface area contributed by atoms with Gasteiger partial charge in [0.15, 0.2) is 5.65 Å². The number of aromatic nitrogens is 5. The first-order chi connectivity index (χ1) is 15.7. The molecule has 0 radical (unpaired) electrons. The molecule has 1 aliphatic rings. The minimum atomic E-state index is -0.239. The van der Waals surface area contributed by atoms with Crippen molar-refractivity contribution in [1.82, 2.24) is 24.5 Å². The van der Waals surface area contributed by atoms with E-state index < -0.39 is 0 Å². The van der Waals surface area contributed by atoms with E-state index in [9.17, 15) is 9.18 Å². The number of aromatic amines is 1. The first-order valence-corrected chi connectivity index (χ1v) is 10.8. The van der Waals surface area contributed by atoms with E-state index in [1.807, 2.05) is 12.1 Å². The van der Waals surface area contributed by atoms with Crippen LogP contribution in [-0.2, 0) is 6.54 Å². The molecule has 0 atom stereocenters. The van der Waals surface area contributed by atoms with Gasteiger partial charge in [-0.3, -0.25) is 9.78 Å². The summed E-state index contributed by atoms with van der Waals surface area (Å²) < 4.78 is 15.5. The summed E-state index contributed by atoms with van der Waals surface area (Å²) in [6.45, 7) is 3.11. The van der Waals surface area contributed by atoms with Crippen molar-refractivity contribution in [3.63, 3.8) is 0 Å². The summed E-state index contributed by atoms with van der Waals surface area (Å²) in [6, 6.07) is 11.9. The average Bonchev–Trinajstić information content (AvgIpc) is 3.18. The topological polar surface area (TPSA) is 91.7 Å². The summed E-state index contributed by atoms with van der Waals surface area (Å²) in [5.41, 5.74) is 2.53. The number of benzene rings is 1. The Morgan fingerprint density at radius 2 is 1.88 bits per heavy atom. The van der Waals surface area contributed by atoms with Gasteiger partial charge in [0, 0.05) is 38.1 Å². The normalized spacial score (nSPS) is 14.7. The fourth-order valence-corrected chi connectivity index (χ4v) is 4.16. The van der Waals surface area contributed by atoms with Crippen LogP contribution in [-0.4, -0.2) is 44.1 Å². The SMILES string of the molecule is O=c1ccnc(NCC2CCN(c3nc4ncccc4n3Cc3ccc(F)cc3)CC2)[nH]1. The lowest BCUT2D eigenvalue weighted by atomic mass is 9.97. The van der Waals surface area contributed by atoms with Crippen LogP contribution < -0.4 is 15.8 Å². The lowest BCUT2D eigenvalue weighted by Crippen LogP contribution is -2.37. The first-order valence-electron chi connectivity index (χ1n) is 10.8. The second-order valence-corrected chi connectivity index (χ2v) is 8.06. The van der Waals surface area contributed by atoms with Crippen LogP contribution in [0.3, 0.4) is 0 Å². The molecule has 1 aliphatic heterocycles. The highest BCUT2D eigenvalue weighted by molar-refractivity contribution is 5.75. The number of pyridine rings is 1. The third-order valence-electron chi connectivity index (χ3n) is 5.88. The van der Waals surface area contributed by atoms with Crippen LogP contribution in [0.25, 0.3) is 11.2 Å². The van der Waals surface area contributed by atoms with E-state index in [2.05, 4.69) is 29.7 Å². The molecule has 5 rings (SSSR count). The van der Waals surface area contributed by atoms with Crippen LogP contribution in [0.1, 0.15) is 18.4 Å². The van der Waals surface area contributed by atoms with Gasteiger partial charge in [0.05, 0.1) is 12.1 Å². The number of anilines is 2. The number of halogens is 1. The molecule has 0 unspecified atom stereocenters. The van der Waals surface area contributed by atoms with Crippen molar-refractivity contribution in [2.45, 2.75) is 19.4 Å². The van der Waals surface area contributed by atoms with Gasteiger partial charge in [-0.15, -0.1) is 0 Å². The number of piperidine rings is 1. The molecular weight excluding hydrogens is 409 g/mol. The Labute approximate surface area is 184 Å². The van der Waals surface area contributed by atoms with Gasteiger partial charge >= 0.3 is 0 Å². The van der Waals surface area contributed by atoms with Crippen molar-refractivity contribution in [3.05, 3.63) is 76.6 Å². The Balaban J connectivity index is 1.30. The van der Waals surface area contributed by atoms with Crippen LogP contribution in [0, 0.1) is 11.7 Å². The van der Waals surface area contributed by atoms with Gasteiger partial charge in [-0.25, -0.2) is 14.4 Å². The first kappa shape index (κ1) is 20.2. The molecule has 2 N–H and O–H groups in total. The number of fused-ring (bicyclic) bond motifs is 1. The Bertz CT molecular complexity index is 1260. The van der Waals surface area contributed by atoms with E-state index in [0.717, 1.165) is 49.5 Å². The Hall–Kier alpha value is -3.75. The Morgan fingerprint density at radius 1 is 1.06 bits per heavy atom. The van der Waals surface area contributed by atoms with E-state index in [4.69, 9.17) is 4.98 Å². The van der Waals surface area contributed by atoms with Gasteiger partial charge in [0.25, 0.3) is 5.56 Å². The second kappa shape index (κ2) is 8.78. The van der Waals surface area contributed by atoms with E-state index in [1.54, 1.807) is 18.3 Å². The average molecular weight is 433 g/mol. The molecule has 0 amide bonds. The molecule has 32 heavy (non-hydrogen) atoms. The van der Waals surface area contributed by atoms with Crippen LogP contribution in [0.15, 0.2) is 59.7 Å². The van der Waals surface area contributed by atoms with Gasteiger partial charge in [-0.2, -0.15) is 4.98 Å². The summed E-state index contributed by atoms with van der Waals surface area (Å²) in [5, 5.41) is 3.23. The highest BCUT2D eigenvalue weighted by Crippen LogP contribution is 2.27. The summed E-state index contributed by atoms with van der Waals surface area (Å²) in [6.07, 6.45) is 5.25. The molecule has 8 nitrogen and oxygen atoms in total. The molecule has 1 saturated heterocycles. The number of rotatable bonds is 6. The Morgan fingerprint density at radius 3 is 2.66 bits per heavy atom. The maximum Gasteiger partial charge on any atom is 0.252 e. The van der Waals surface area contributed by atoms with Gasteiger partial charge in [0.2, 0.25) is 11.9 Å². The van der Waals surface area contributed by atoms with E-state index >= 15 is 0 Å². The molecule has 3 aromatic heterocycles. The van der Waals surface area contributed by atoms with Crippen LogP contribution in [0.5, 0.6) is 0 Å². The maximum atomic E-state index is 13.4. The van der Waals surface area contributed by atoms with Crippen LogP contribution in [0.4, 0.5) is 16.3 Å². The Kier molecular flexibility index (Phi) is 5.53. The second-order valence-electron chi connectivity index (χ2n) is 8.06. The van der Waals surface area contributed by atoms with Crippen molar-refractivity contribution >= 4 is 23.1 Å². The zero-order valence-electron chi connectivity index (χ0n) is 17.5. The molecule has 4 aromatic rings. The molecule has 4 heterocycles. The minimum absolute atomic E-state index is 0.161. The monoisotopic (exact) mass is 433 g/mol. The smallest absolute Gasteiger partial charge is 0.252 e. The standard InChI is InChI=1S/C23H24FN7O/c24-18-5-3-17(4-6-18)15-31-19-2-1-10-25-21(19)29-23(31)30-12-8-16(9-13-30)14-27-22-26-11-7-20(32)28-22/h1-7,10-11,16H,8-9,12-15H2,(H2,26,27,28,32). The molecule has 1 fully saturated rings. The van der Waals surface area contributed by atoms with Gasteiger partial charge in [0.1, 0.15) is 5.82 Å². The van der Waals surface area contributed by atoms with Crippen LogP contribution >= 0.6 is 0 Å². The predicted molar refractivity (Wildman–Crippen MR) is 121 cm³/mol. The third kappa shape index (κ3) is 4.32. The molecule has 0 spiro atoms. The molecule has 164 valence electrons. The molecule has 1 aromatic carbocycles. The van der Waals surface area contributed by atoms with Crippen molar-refractivity contribution < 1.29 is 4.39 Å². The number of hydrogen-bond donors (Lipinski definition) is 2. The lowest BCUT2D eigenvalue weighted by Gasteiger charge is -2.33. The minimum Gasteiger partial charge on any atom is -0.355 e. The summed E-state index contributed by atoms with van der Waals surface area (Å²) in [5.74, 6) is 1.64. The van der Waals surface area contributed by atoms with Crippen molar-refractivity contribution in [1.29, 1.82) is 0 Å². The van der Waals surface area contributed by atoms with Crippen molar-refractivity contribution in [3.8, 4) is 0 Å². The zero-order chi connectivity index (χ0) is 21.9. The number of H-pyrrole nitrogens is 1. The molecule has 9 heteroatoms. The van der Waals surface area contributed by atoms with Crippen LogP contribution in [0.2, 0.25) is 0 Å². The highest BCUT2D eigenvalue weighted by atomic mass is 19.1. The molecule has 0 bridgehead atoms. The van der Waals surface area contributed by atoms with Crippen molar-refractivity contribution in [2.24, 2.45) is 5.92 Å². The molecular formula is C23H24FN7O. The van der Waals surface area contributed by atoms with Crippen molar-refractivity contribution in [2.75, 3.05) is 29.9 Å². The number of nitrogens with zero attached hydrogens (tertiary/aromatic N) is 5. The largest absolute Gasteiger partial charge is 0.355 e. The van der Waals surface area contributed by atoms with E-state index in [1.165, 1.54) is 24.4 Å². The molecule has 0 aliphatic carbocycles. The van der Waals surface area contributed by atoms with E-state index in [0.29, 0.717) is 24.1 Å². The number of imidazole rings is 1. The van der Waals surface area contributed by atoms with Gasteiger partial charge in [-0.05, 0) is 48.6 Å². The highest BCUT2D eigenvalue weighted by Gasteiger charge is 2.24. The fraction of sp³-hybridized carbons (Fsp3) is 0.304. The fourth-order valence-electron chi connectivity index (χ4n) is 4.16. The van der Waals surface area contributed by atoms with Gasteiger partial charge in [-0.1, -0.05) is 12.1 Å². The number of hydrogen-bond acceptors (Lipinski definition) is 6. The predicted octanol–water partition coefficient (Wildman–Crippen LogP) is 3.03. The quantitative estimate of drug-likeness (QED) is 0.486. The number of nitrogens with one attached hydrogen (secondary N) is 2. The maximum absolute atomic E-state index is 13.4. The summed E-state index contributed by atoms with van der Waals surface area (Å²) in [7, 11) is 0. The van der Waals surface area contributed by atoms with Gasteiger partial charge < -0.3 is 14.8 Å². The summed E-state index contributed by atoms with van der Waals surface area (Å²) >= 11 is 0. The zero-order valence-corrected chi connectivity index (χ0v) is 17.5. The lowest BCUT2D eigenvalue weighted by molar-refractivity contribution is 0.417. The molecule has 0 saturated carbocycles.